The number of hydrogen-bond donors (Lipinski definition) is 3. The number of primary amides is 1. The number of benzene rings is 1. The number of aromatic nitrogens is 2. The Kier molecular flexibility index (Phi) is 7.23. The topological polar surface area (TPSA) is 143 Å². The molecule has 0 unspecified atom stereocenters. The normalized spacial score (nSPS) is 22.8. The van der Waals surface area contributed by atoms with Crippen LogP contribution < -0.4 is 16.4 Å². The van der Waals surface area contributed by atoms with E-state index in [1.165, 1.54) is 0 Å². The SMILES string of the molecule is Cc1nn(-c2ccc(C(N)=O)c(NC3CCN(S(=O)(=O)[C@@H]4CCCN(C)C4)CC3)c2)c2c1C(=O)NC(C)(C)C2. The summed E-state index contributed by atoms with van der Waals surface area (Å²) < 4.78 is 29.9. The van der Waals surface area contributed by atoms with Gasteiger partial charge in [0.1, 0.15) is 0 Å². The molecule has 3 aliphatic heterocycles. The highest BCUT2D eigenvalue weighted by atomic mass is 32.2. The van der Waals surface area contributed by atoms with E-state index >= 15 is 0 Å². The number of sulfonamides is 1. The molecule has 2 saturated heterocycles. The minimum atomic E-state index is -3.35. The Morgan fingerprint density at radius 2 is 1.90 bits per heavy atom. The van der Waals surface area contributed by atoms with Gasteiger partial charge in [-0.2, -0.15) is 5.10 Å². The van der Waals surface area contributed by atoms with E-state index in [1.54, 1.807) is 21.1 Å². The summed E-state index contributed by atoms with van der Waals surface area (Å²) >= 11 is 0. The van der Waals surface area contributed by atoms with Gasteiger partial charge < -0.3 is 21.3 Å². The Bertz CT molecular complexity index is 1390. The number of nitrogens with zero attached hydrogens (tertiary/aromatic N) is 4. The lowest BCUT2D eigenvalue weighted by Gasteiger charge is -2.37. The number of amides is 2. The lowest BCUT2D eigenvalue weighted by atomic mass is 9.90. The molecule has 0 aliphatic carbocycles. The molecule has 212 valence electrons. The fourth-order valence-electron chi connectivity index (χ4n) is 6.13. The van der Waals surface area contributed by atoms with Crippen LogP contribution in [-0.4, -0.2) is 89.3 Å². The third-order valence-corrected chi connectivity index (χ3v) is 10.4. The highest BCUT2D eigenvalue weighted by Gasteiger charge is 2.37. The van der Waals surface area contributed by atoms with Crippen molar-refractivity contribution >= 4 is 27.5 Å². The van der Waals surface area contributed by atoms with Crippen LogP contribution >= 0.6 is 0 Å². The van der Waals surface area contributed by atoms with Crippen molar-refractivity contribution in [3.05, 3.63) is 40.7 Å². The summed E-state index contributed by atoms with van der Waals surface area (Å²) in [6.07, 6.45) is 3.45. The van der Waals surface area contributed by atoms with Crippen molar-refractivity contribution in [2.75, 3.05) is 38.5 Å². The van der Waals surface area contributed by atoms with E-state index in [4.69, 9.17) is 5.73 Å². The molecule has 0 spiro atoms. The van der Waals surface area contributed by atoms with Gasteiger partial charge in [-0.15, -0.1) is 0 Å². The number of fused-ring (bicyclic) bond motifs is 1. The number of anilines is 1. The summed E-state index contributed by atoms with van der Waals surface area (Å²) in [6, 6.07) is 5.29. The van der Waals surface area contributed by atoms with Crippen LogP contribution in [-0.2, 0) is 16.4 Å². The van der Waals surface area contributed by atoms with Crippen molar-refractivity contribution in [3.63, 3.8) is 0 Å². The molecule has 39 heavy (non-hydrogen) atoms. The molecule has 0 saturated carbocycles. The maximum atomic E-state index is 13.3. The van der Waals surface area contributed by atoms with Gasteiger partial charge in [0.05, 0.1) is 33.5 Å². The van der Waals surface area contributed by atoms with Gasteiger partial charge in [0.15, 0.2) is 0 Å². The highest BCUT2D eigenvalue weighted by Crippen LogP contribution is 2.31. The number of aryl methyl sites for hydroxylation is 1. The van der Waals surface area contributed by atoms with Crippen LogP contribution in [0.4, 0.5) is 5.69 Å². The second-order valence-corrected chi connectivity index (χ2v) is 14.0. The van der Waals surface area contributed by atoms with E-state index in [-0.39, 0.29) is 17.2 Å². The third kappa shape index (κ3) is 5.42. The van der Waals surface area contributed by atoms with Crippen LogP contribution in [0.1, 0.15) is 71.6 Å². The molecule has 2 aromatic rings. The average Bonchev–Trinajstić information content (AvgIpc) is 3.19. The molecule has 5 rings (SSSR count). The molecule has 2 amide bonds. The fourth-order valence-corrected chi connectivity index (χ4v) is 8.17. The number of piperidine rings is 2. The lowest BCUT2D eigenvalue weighted by molar-refractivity contribution is 0.0894. The van der Waals surface area contributed by atoms with E-state index < -0.39 is 21.5 Å². The third-order valence-electron chi connectivity index (χ3n) is 8.13. The Balaban J connectivity index is 1.36. The zero-order valence-electron chi connectivity index (χ0n) is 23.2. The van der Waals surface area contributed by atoms with Gasteiger partial charge >= 0.3 is 0 Å². The Morgan fingerprint density at radius 3 is 2.56 bits per heavy atom. The first kappa shape index (κ1) is 27.6. The Labute approximate surface area is 230 Å². The van der Waals surface area contributed by atoms with Gasteiger partial charge in [0, 0.05) is 43.3 Å². The zero-order chi connectivity index (χ0) is 28.1. The number of carbonyl (C=O) groups is 2. The van der Waals surface area contributed by atoms with Gasteiger partial charge in [-0.1, -0.05) is 0 Å². The van der Waals surface area contributed by atoms with Gasteiger partial charge in [-0.25, -0.2) is 17.4 Å². The molecule has 4 heterocycles. The van der Waals surface area contributed by atoms with Crippen LogP contribution in [0.3, 0.4) is 0 Å². The maximum absolute atomic E-state index is 13.3. The first-order chi connectivity index (χ1) is 18.4. The van der Waals surface area contributed by atoms with Crippen molar-refractivity contribution in [1.29, 1.82) is 0 Å². The molecule has 1 aromatic carbocycles. The number of likely N-dealkylation sites (tertiary alicyclic amines) is 1. The van der Waals surface area contributed by atoms with Crippen LogP contribution in [0.5, 0.6) is 0 Å². The van der Waals surface area contributed by atoms with Gasteiger partial charge in [0.25, 0.3) is 11.8 Å². The molecular formula is C27H39N7O4S. The van der Waals surface area contributed by atoms with Crippen molar-refractivity contribution in [2.24, 2.45) is 5.73 Å². The number of hydrogen-bond acceptors (Lipinski definition) is 7. The monoisotopic (exact) mass is 557 g/mol. The standard InChI is InChI=1S/C27H39N7O4S/c1-17-24-23(15-27(2,3)30-26(24)36)34(31-17)19-7-8-21(25(28)35)22(14-19)29-18-9-12-33(13-10-18)39(37,38)20-6-5-11-32(4)16-20/h7-8,14,18,20,29H,5-6,9-13,15-16H2,1-4H3,(H2,28,35)(H,30,36)/t20-/m1/s1. The molecule has 11 nitrogen and oxygen atoms in total. The summed E-state index contributed by atoms with van der Waals surface area (Å²) in [5.74, 6) is -0.691. The lowest BCUT2D eigenvalue weighted by Crippen LogP contribution is -2.50. The summed E-state index contributed by atoms with van der Waals surface area (Å²) in [5.41, 5.74) is 9.00. The van der Waals surface area contributed by atoms with Crippen LogP contribution in [0, 0.1) is 6.92 Å². The quantitative estimate of drug-likeness (QED) is 0.490. The van der Waals surface area contributed by atoms with Crippen molar-refractivity contribution in [3.8, 4) is 5.69 Å². The van der Waals surface area contributed by atoms with Gasteiger partial charge in [0.2, 0.25) is 10.0 Å². The van der Waals surface area contributed by atoms with Crippen molar-refractivity contribution < 1.29 is 18.0 Å². The highest BCUT2D eigenvalue weighted by molar-refractivity contribution is 7.89. The fraction of sp³-hybridized carbons (Fsp3) is 0.593. The summed E-state index contributed by atoms with van der Waals surface area (Å²) in [4.78, 5) is 27.1. The summed E-state index contributed by atoms with van der Waals surface area (Å²) in [7, 11) is -1.38. The predicted octanol–water partition coefficient (Wildman–Crippen LogP) is 1.64. The minimum absolute atomic E-state index is 0.0168. The largest absolute Gasteiger partial charge is 0.382 e. The summed E-state index contributed by atoms with van der Waals surface area (Å²) in [5, 5.41) is 10.8. The average molecular weight is 558 g/mol. The molecule has 0 bridgehead atoms. The van der Waals surface area contributed by atoms with Gasteiger partial charge in [-0.3, -0.25) is 9.59 Å². The van der Waals surface area contributed by atoms with E-state index in [0.29, 0.717) is 67.8 Å². The molecule has 3 aliphatic rings. The summed E-state index contributed by atoms with van der Waals surface area (Å²) in [6.45, 7) is 8.14. The van der Waals surface area contributed by atoms with E-state index in [9.17, 15) is 18.0 Å². The van der Waals surface area contributed by atoms with Crippen LogP contribution in [0.15, 0.2) is 18.2 Å². The molecule has 0 radical (unpaired) electrons. The Morgan fingerprint density at radius 1 is 1.18 bits per heavy atom. The second-order valence-electron chi connectivity index (χ2n) is 11.8. The molecule has 12 heteroatoms. The van der Waals surface area contributed by atoms with Crippen molar-refractivity contribution in [1.82, 2.24) is 24.3 Å². The number of carbonyl (C=O) groups excluding carboxylic acids is 2. The van der Waals surface area contributed by atoms with E-state index in [2.05, 4.69) is 20.6 Å². The number of nitrogens with two attached hydrogens (primary N) is 1. The van der Waals surface area contributed by atoms with Crippen molar-refractivity contribution in [2.45, 2.75) is 69.7 Å². The Hall–Kier alpha value is -2.96. The van der Waals surface area contributed by atoms with Crippen LogP contribution in [0.2, 0.25) is 0 Å². The molecule has 4 N–H and O–H groups in total. The molecule has 1 atom stereocenters. The molecule has 2 fully saturated rings. The maximum Gasteiger partial charge on any atom is 0.255 e. The molecular weight excluding hydrogens is 518 g/mol. The van der Waals surface area contributed by atoms with E-state index in [0.717, 1.165) is 24.3 Å². The number of rotatable bonds is 6. The second kappa shape index (κ2) is 10.2. The molecule has 1 aromatic heterocycles. The zero-order valence-corrected chi connectivity index (χ0v) is 24.0. The van der Waals surface area contributed by atoms with Gasteiger partial charge in [-0.05, 0) is 78.2 Å². The first-order valence-electron chi connectivity index (χ1n) is 13.6. The van der Waals surface area contributed by atoms with E-state index in [1.807, 2.05) is 33.9 Å². The van der Waals surface area contributed by atoms with Crippen LogP contribution in [0.25, 0.3) is 5.69 Å². The minimum Gasteiger partial charge on any atom is -0.382 e. The first-order valence-corrected chi connectivity index (χ1v) is 15.2. The predicted molar refractivity (Wildman–Crippen MR) is 150 cm³/mol. The number of nitrogens with one attached hydrogen (secondary N) is 2. The smallest absolute Gasteiger partial charge is 0.255 e.